The topological polar surface area (TPSA) is 84.4 Å². The minimum atomic E-state index is -0.131. The van der Waals surface area contributed by atoms with Crippen LogP contribution in [0.1, 0.15) is 19.3 Å². The Morgan fingerprint density at radius 3 is 2.39 bits per heavy atom. The van der Waals surface area contributed by atoms with Crippen molar-refractivity contribution in [3.8, 4) is 16.3 Å². The summed E-state index contributed by atoms with van der Waals surface area (Å²) in [7, 11) is 0. The first kappa shape index (κ1) is 21.0. The van der Waals surface area contributed by atoms with E-state index in [1.54, 1.807) is 0 Å². The van der Waals surface area contributed by atoms with Crippen LogP contribution in [0.2, 0.25) is 0 Å². The number of amides is 2. The van der Waals surface area contributed by atoms with Crippen molar-refractivity contribution in [3.05, 3.63) is 60.7 Å². The van der Waals surface area contributed by atoms with Crippen LogP contribution in [0.25, 0.3) is 10.6 Å². The predicted octanol–water partition coefficient (Wildman–Crippen LogP) is 3.85. The van der Waals surface area contributed by atoms with Crippen LogP contribution in [0, 0.1) is 5.92 Å². The van der Waals surface area contributed by atoms with Crippen LogP contribution in [0.5, 0.6) is 5.75 Å². The summed E-state index contributed by atoms with van der Waals surface area (Å²) in [5.74, 6) is 0.633. The molecule has 3 aromatic rings. The van der Waals surface area contributed by atoms with Gasteiger partial charge in [0.05, 0.1) is 13.0 Å². The van der Waals surface area contributed by atoms with E-state index in [0.717, 1.165) is 16.3 Å². The van der Waals surface area contributed by atoms with Crippen molar-refractivity contribution < 1.29 is 14.3 Å². The predicted molar refractivity (Wildman–Crippen MR) is 120 cm³/mol. The molecule has 31 heavy (non-hydrogen) atoms. The number of hydrogen-bond acceptors (Lipinski definition) is 6. The minimum absolute atomic E-state index is 0.0599. The van der Waals surface area contributed by atoms with Gasteiger partial charge in [0, 0.05) is 24.6 Å². The molecule has 0 aliphatic carbocycles. The van der Waals surface area contributed by atoms with E-state index in [1.165, 1.54) is 11.3 Å². The van der Waals surface area contributed by atoms with Crippen molar-refractivity contribution in [1.29, 1.82) is 0 Å². The first-order chi connectivity index (χ1) is 15.2. The molecular weight excluding hydrogens is 412 g/mol. The van der Waals surface area contributed by atoms with E-state index in [1.807, 2.05) is 65.6 Å². The minimum Gasteiger partial charge on any atom is -0.493 e. The Balaban J connectivity index is 1.21. The van der Waals surface area contributed by atoms with Gasteiger partial charge in [-0.05, 0) is 25.0 Å². The molecule has 2 aromatic carbocycles. The maximum Gasteiger partial charge on any atom is 0.229 e. The lowest BCUT2D eigenvalue weighted by Crippen LogP contribution is -2.41. The molecule has 8 heteroatoms. The first-order valence-electron chi connectivity index (χ1n) is 10.3. The number of anilines is 1. The van der Waals surface area contributed by atoms with Gasteiger partial charge in [0.15, 0.2) is 0 Å². The third-order valence-electron chi connectivity index (χ3n) is 5.22. The van der Waals surface area contributed by atoms with E-state index in [0.29, 0.717) is 44.1 Å². The Morgan fingerprint density at radius 1 is 1.00 bits per heavy atom. The van der Waals surface area contributed by atoms with Crippen molar-refractivity contribution in [2.75, 3.05) is 25.0 Å². The Labute approximate surface area is 185 Å². The number of rotatable bonds is 7. The third kappa shape index (κ3) is 5.67. The maximum absolute atomic E-state index is 12.6. The third-order valence-corrected chi connectivity index (χ3v) is 6.11. The van der Waals surface area contributed by atoms with Crippen LogP contribution >= 0.6 is 11.3 Å². The van der Waals surface area contributed by atoms with Gasteiger partial charge in [-0.15, -0.1) is 10.2 Å². The number of ether oxygens (including phenoxy) is 1. The Morgan fingerprint density at radius 2 is 1.68 bits per heavy atom. The Kier molecular flexibility index (Phi) is 6.89. The van der Waals surface area contributed by atoms with Gasteiger partial charge in [-0.3, -0.25) is 9.59 Å². The summed E-state index contributed by atoms with van der Waals surface area (Å²) in [5, 5.41) is 12.4. The molecule has 1 saturated heterocycles. The van der Waals surface area contributed by atoms with E-state index < -0.39 is 0 Å². The molecule has 2 heterocycles. The molecular formula is C23H24N4O3S. The highest BCUT2D eigenvalue weighted by atomic mass is 32.1. The summed E-state index contributed by atoms with van der Waals surface area (Å²) in [6, 6.07) is 19.2. The highest BCUT2D eigenvalue weighted by Crippen LogP contribution is 2.27. The molecule has 0 bridgehead atoms. The van der Waals surface area contributed by atoms with Crippen molar-refractivity contribution in [3.63, 3.8) is 0 Å². The van der Waals surface area contributed by atoms with E-state index in [2.05, 4.69) is 15.5 Å². The molecule has 4 rings (SSSR count). The number of nitrogens with zero attached hydrogens (tertiary/aromatic N) is 3. The van der Waals surface area contributed by atoms with E-state index >= 15 is 0 Å². The van der Waals surface area contributed by atoms with Crippen molar-refractivity contribution in [2.45, 2.75) is 19.3 Å². The molecule has 160 valence electrons. The largest absolute Gasteiger partial charge is 0.493 e. The SMILES string of the molecule is O=C(Nc1nnc(-c2ccccc2)s1)C1CCN(C(=O)CCOc2ccccc2)CC1. The van der Waals surface area contributed by atoms with Gasteiger partial charge in [0.2, 0.25) is 16.9 Å². The van der Waals surface area contributed by atoms with Gasteiger partial charge in [-0.2, -0.15) is 0 Å². The monoisotopic (exact) mass is 436 g/mol. The first-order valence-corrected chi connectivity index (χ1v) is 11.2. The molecule has 1 aliphatic heterocycles. The number of para-hydroxylation sites is 1. The summed E-state index contributed by atoms with van der Waals surface area (Å²) < 4.78 is 5.60. The summed E-state index contributed by atoms with van der Waals surface area (Å²) in [4.78, 5) is 26.9. The molecule has 0 saturated carbocycles. The number of carbonyl (C=O) groups excluding carboxylic acids is 2. The van der Waals surface area contributed by atoms with Gasteiger partial charge in [-0.25, -0.2) is 0 Å². The van der Waals surface area contributed by atoms with Crippen LogP contribution in [0.4, 0.5) is 5.13 Å². The van der Waals surface area contributed by atoms with Gasteiger partial charge < -0.3 is 15.0 Å². The Bertz CT molecular complexity index is 1000. The molecule has 7 nitrogen and oxygen atoms in total. The van der Waals surface area contributed by atoms with Crippen molar-refractivity contribution in [2.24, 2.45) is 5.92 Å². The van der Waals surface area contributed by atoms with Crippen LogP contribution < -0.4 is 10.1 Å². The molecule has 1 N–H and O–H groups in total. The molecule has 2 amide bonds. The lowest BCUT2D eigenvalue weighted by molar-refractivity contribution is -0.135. The molecule has 1 fully saturated rings. The quantitative estimate of drug-likeness (QED) is 0.608. The van der Waals surface area contributed by atoms with Gasteiger partial charge in [0.25, 0.3) is 0 Å². The second kappa shape index (κ2) is 10.2. The number of benzene rings is 2. The van der Waals surface area contributed by atoms with E-state index in [-0.39, 0.29) is 17.7 Å². The fourth-order valence-corrected chi connectivity index (χ4v) is 4.25. The smallest absolute Gasteiger partial charge is 0.229 e. The highest BCUT2D eigenvalue weighted by Gasteiger charge is 2.27. The van der Waals surface area contributed by atoms with Gasteiger partial charge in [-0.1, -0.05) is 59.9 Å². The molecule has 1 aromatic heterocycles. The van der Waals surface area contributed by atoms with E-state index in [4.69, 9.17) is 4.74 Å². The normalized spacial score (nSPS) is 14.3. The van der Waals surface area contributed by atoms with Crippen LogP contribution in [0.3, 0.4) is 0 Å². The van der Waals surface area contributed by atoms with Gasteiger partial charge >= 0.3 is 0 Å². The fraction of sp³-hybridized carbons (Fsp3) is 0.304. The number of carbonyl (C=O) groups is 2. The van der Waals surface area contributed by atoms with Crippen LogP contribution in [-0.4, -0.2) is 46.6 Å². The van der Waals surface area contributed by atoms with Crippen molar-refractivity contribution >= 4 is 28.3 Å². The van der Waals surface area contributed by atoms with E-state index in [9.17, 15) is 9.59 Å². The summed E-state index contributed by atoms with van der Waals surface area (Å²) in [5.41, 5.74) is 0.976. The lowest BCUT2D eigenvalue weighted by Gasteiger charge is -2.31. The molecule has 0 unspecified atom stereocenters. The molecule has 0 spiro atoms. The highest BCUT2D eigenvalue weighted by molar-refractivity contribution is 7.18. The lowest BCUT2D eigenvalue weighted by atomic mass is 9.96. The maximum atomic E-state index is 12.6. The average molecular weight is 437 g/mol. The summed E-state index contributed by atoms with van der Waals surface area (Å²) >= 11 is 1.36. The number of nitrogens with one attached hydrogen (secondary N) is 1. The second-order valence-electron chi connectivity index (χ2n) is 7.33. The zero-order valence-electron chi connectivity index (χ0n) is 17.1. The molecule has 1 aliphatic rings. The Hall–Kier alpha value is -3.26. The molecule has 0 atom stereocenters. The number of aromatic nitrogens is 2. The summed E-state index contributed by atoms with van der Waals surface area (Å²) in [6.07, 6.45) is 1.61. The molecule has 0 radical (unpaired) electrons. The summed E-state index contributed by atoms with van der Waals surface area (Å²) in [6.45, 7) is 1.51. The zero-order chi connectivity index (χ0) is 21.5. The average Bonchev–Trinajstić information content (AvgIpc) is 3.29. The number of likely N-dealkylation sites (tertiary alicyclic amines) is 1. The van der Waals surface area contributed by atoms with Gasteiger partial charge in [0.1, 0.15) is 10.8 Å². The number of piperidine rings is 1. The second-order valence-corrected chi connectivity index (χ2v) is 8.31. The van der Waals surface area contributed by atoms with Crippen LogP contribution in [0.15, 0.2) is 60.7 Å². The fourth-order valence-electron chi connectivity index (χ4n) is 3.50. The van der Waals surface area contributed by atoms with Crippen LogP contribution in [-0.2, 0) is 9.59 Å². The number of hydrogen-bond donors (Lipinski definition) is 1. The zero-order valence-corrected chi connectivity index (χ0v) is 17.9. The van der Waals surface area contributed by atoms with Crippen molar-refractivity contribution in [1.82, 2.24) is 15.1 Å². The standard InChI is InChI=1S/C23H24N4O3S/c28-20(13-16-30-19-9-5-2-6-10-19)27-14-11-17(12-15-27)21(29)24-23-26-25-22(31-23)18-7-3-1-4-8-18/h1-10,17H,11-16H2,(H,24,26,29).